The standard InChI is InChI=1S/C19H30FN5O2.HI/c1-14(2)12-25-7-8-27-17(13-25)10-22-19(21-3)23-11-18(26)24-16-6-4-5-15(20)9-16;/h4-6,9,14,17H,7-8,10-13H2,1-3H3,(H,24,26)(H2,21,22,23);1H. The number of rotatable bonds is 7. The van der Waals surface area contributed by atoms with E-state index in [1.165, 1.54) is 12.1 Å². The monoisotopic (exact) mass is 507 g/mol. The molecule has 1 aliphatic rings. The van der Waals surface area contributed by atoms with E-state index in [1.54, 1.807) is 19.2 Å². The molecule has 1 aromatic rings. The number of halogens is 2. The minimum atomic E-state index is -0.391. The van der Waals surface area contributed by atoms with Crippen LogP contribution < -0.4 is 16.0 Å². The van der Waals surface area contributed by atoms with Crippen molar-refractivity contribution >= 4 is 41.5 Å². The van der Waals surface area contributed by atoms with Crippen molar-refractivity contribution in [2.45, 2.75) is 20.0 Å². The van der Waals surface area contributed by atoms with Gasteiger partial charge in [-0.25, -0.2) is 4.39 Å². The molecule has 1 saturated heterocycles. The van der Waals surface area contributed by atoms with E-state index in [-0.39, 0.29) is 42.5 Å². The van der Waals surface area contributed by atoms with Gasteiger partial charge in [-0.1, -0.05) is 19.9 Å². The van der Waals surface area contributed by atoms with Crippen molar-refractivity contribution in [2.24, 2.45) is 10.9 Å². The maximum atomic E-state index is 13.1. The summed E-state index contributed by atoms with van der Waals surface area (Å²) >= 11 is 0. The van der Waals surface area contributed by atoms with Crippen molar-refractivity contribution < 1.29 is 13.9 Å². The maximum Gasteiger partial charge on any atom is 0.243 e. The van der Waals surface area contributed by atoms with Crippen LogP contribution in [0.3, 0.4) is 0 Å². The first-order valence-electron chi connectivity index (χ1n) is 9.30. The summed E-state index contributed by atoms with van der Waals surface area (Å²) in [4.78, 5) is 18.5. The molecular weight excluding hydrogens is 476 g/mol. The molecule has 1 fully saturated rings. The number of carbonyl (C=O) groups excluding carboxylic acids is 1. The number of nitrogens with one attached hydrogen (secondary N) is 3. The fourth-order valence-corrected chi connectivity index (χ4v) is 2.95. The van der Waals surface area contributed by atoms with Gasteiger partial charge in [0.25, 0.3) is 0 Å². The molecule has 0 saturated carbocycles. The van der Waals surface area contributed by atoms with E-state index in [4.69, 9.17) is 4.74 Å². The Kier molecular flexibility index (Phi) is 11.3. The van der Waals surface area contributed by atoms with Gasteiger partial charge in [0.1, 0.15) is 5.82 Å². The lowest BCUT2D eigenvalue weighted by molar-refractivity contribution is -0.115. The molecule has 1 amide bonds. The molecule has 28 heavy (non-hydrogen) atoms. The third-order valence-electron chi connectivity index (χ3n) is 4.09. The molecule has 1 aromatic carbocycles. The summed E-state index contributed by atoms with van der Waals surface area (Å²) in [6.45, 7) is 8.69. The fraction of sp³-hybridized carbons (Fsp3) is 0.579. The molecular formula is C19H31FIN5O2. The summed E-state index contributed by atoms with van der Waals surface area (Å²) < 4.78 is 18.9. The highest BCUT2D eigenvalue weighted by Gasteiger charge is 2.21. The highest BCUT2D eigenvalue weighted by molar-refractivity contribution is 14.0. The van der Waals surface area contributed by atoms with E-state index in [1.807, 2.05) is 0 Å². The predicted octanol–water partition coefficient (Wildman–Crippen LogP) is 1.90. The largest absolute Gasteiger partial charge is 0.374 e. The van der Waals surface area contributed by atoms with E-state index in [0.29, 0.717) is 24.1 Å². The summed E-state index contributed by atoms with van der Waals surface area (Å²) in [7, 11) is 1.65. The molecule has 0 radical (unpaired) electrons. The van der Waals surface area contributed by atoms with Gasteiger partial charge in [-0.05, 0) is 24.1 Å². The van der Waals surface area contributed by atoms with Gasteiger partial charge in [-0.2, -0.15) is 0 Å². The van der Waals surface area contributed by atoms with Crippen LogP contribution in [0.2, 0.25) is 0 Å². The Morgan fingerprint density at radius 3 is 2.86 bits per heavy atom. The van der Waals surface area contributed by atoms with Crippen LogP contribution in [0.4, 0.5) is 10.1 Å². The lowest BCUT2D eigenvalue weighted by atomic mass is 10.2. The third kappa shape index (κ3) is 9.16. The number of carbonyl (C=O) groups is 1. The van der Waals surface area contributed by atoms with Crippen LogP contribution >= 0.6 is 24.0 Å². The van der Waals surface area contributed by atoms with Crippen LogP contribution in [0, 0.1) is 11.7 Å². The molecule has 1 aliphatic heterocycles. The number of anilines is 1. The Balaban J connectivity index is 0.00000392. The van der Waals surface area contributed by atoms with Gasteiger partial charge in [-0.3, -0.25) is 14.7 Å². The zero-order valence-electron chi connectivity index (χ0n) is 16.7. The SMILES string of the molecule is CN=C(NCC(=O)Nc1cccc(F)c1)NCC1CN(CC(C)C)CCO1.I. The molecule has 9 heteroatoms. The number of hydrogen-bond donors (Lipinski definition) is 3. The molecule has 7 nitrogen and oxygen atoms in total. The van der Waals surface area contributed by atoms with Crippen LogP contribution in [0.15, 0.2) is 29.3 Å². The second-order valence-corrected chi connectivity index (χ2v) is 7.01. The quantitative estimate of drug-likeness (QED) is 0.299. The average Bonchev–Trinajstić information content (AvgIpc) is 2.61. The topological polar surface area (TPSA) is 78.0 Å². The number of morpholine rings is 1. The lowest BCUT2D eigenvalue weighted by Crippen LogP contribution is -2.50. The summed E-state index contributed by atoms with van der Waals surface area (Å²) in [6.07, 6.45) is 0.0807. The summed E-state index contributed by atoms with van der Waals surface area (Å²) in [5.74, 6) is 0.481. The van der Waals surface area contributed by atoms with Gasteiger partial charge in [0.05, 0.1) is 19.3 Å². The smallest absolute Gasteiger partial charge is 0.243 e. The van der Waals surface area contributed by atoms with Crippen molar-refractivity contribution in [1.82, 2.24) is 15.5 Å². The highest BCUT2D eigenvalue weighted by atomic mass is 127. The number of ether oxygens (including phenoxy) is 1. The maximum absolute atomic E-state index is 13.1. The number of guanidine groups is 1. The van der Waals surface area contributed by atoms with Crippen molar-refractivity contribution in [2.75, 3.05) is 51.7 Å². The first-order chi connectivity index (χ1) is 13.0. The molecule has 2 rings (SSSR count). The highest BCUT2D eigenvalue weighted by Crippen LogP contribution is 2.09. The Morgan fingerprint density at radius 2 is 2.18 bits per heavy atom. The van der Waals surface area contributed by atoms with E-state index in [0.717, 1.165) is 26.2 Å². The molecule has 1 atom stereocenters. The predicted molar refractivity (Wildman–Crippen MR) is 121 cm³/mol. The number of hydrogen-bond acceptors (Lipinski definition) is 4. The van der Waals surface area contributed by atoms with Crippen LogP contribution in [-0.4, -0.2) is 69.2 Å². The van der Waals surface area contributed by atoms with Crippen LogP contribution in [-0.2, 0) is 9.53 Å². The van der Waals surface area contributed by atoms with Crippen molar-refractivity contribution in [1.29, 1.82) is 0 Å². The van der Waals surface area contributed by atoms with Crippen molar-refractivity contribution in [3.63, 3.8) is 0 Å². The van der Waals surface area contributed by atoms with E-state index < -0.39 is 5.82 Å². The molecule has 0 aliphatic carbocycles. The third-order valence-corrected chi connectivity index (χ3v) is 4.09. The Hall–Kier alpha value is -1.46. The first kappa shape index (κ1) is 24.6. The van der Waals surface area contributed by atoms with Crippen molar-refractivity contribution in [3.8, 4) is 0 Å². The van der Waals surface area contributed by atoms with E-state index in [9.17, 15) is 9.18 Å². The fourth-order valence-electron chi connectivity index (χ4n) is 2.95. The van der Waals surface area contributed by atoms with Gasteiger partial charge in [-0.15, -0.1) is 24.0 Å². The zero-order chi connectivity index (χ0) is 19.6. The van der Waals surface area contributed by atoms with Crippen molar-refractivity contribution in [3.05, 3.63) is 30.1 Å². The summed E-state index contributed by atoms with van der Waals surface area (Å²) in [6, 6.07) is 5.78. The molecule has 1 unspecified atom stereocenters. The number of aliphatic imine (C=N–C) groups is 1. The van der Waals surface area contributed by atoms with Gasteiger partial charge < -0.3 is 20.7 Å². The number of amides is 1. The summed E-state index contributed by atoms with van der Waals surface area (Å²) in [5, 5.41) is 8.78. The minimum Gasteiger partial charge on any atom is -0.374 e. The molecule has 1 heterocycles. The van der Waals surface area contributed by atoms with E-state index in [2.05, 4.69) is 39.7 Å². The van der Waals surface area contributed by atoms with Crippen LogP contribution in [0.5, 0.6) is 0 Å². The first-order valence-corrected chi connectivity index (χ1v) is 9.30. The second-order valence-electron chi connectivity index (χ2n) is 7.01. The van der Waals surface area contributed by atoms with Crippen LogP contribution in [0.25, 0.3) is 0 Å². The van der Waals surface area contributed by atoms with Gasteiger partial charge in [0.15, 0.2) is 5.96 Å². The Labute approximate surface area is 183 Å². The Bertz CT molecular complexity index is 645. The van der Waals surface area contributed by atoms with Gasteiger partial charge in [0.2, 0.25) is 5.91 Å². The second kappa shape index (κ2) is 12.9. The summed E-state index contributed by atoms with van der Waals surface area (Å²) in [5.41, 5.74) is 0.422. The average molecular weight is 507 g/mol. The molecule has 0 bridgehead atoms. The number of benzene rings is 1. The van der Waals surface area contributed by atoms with Gasteiger partial charge >= 0.3 is 0 Å². The normalized spacial score (nSPS) is 17.8. The lowest BCUT2D eigenvalue weighted by Gasteiger charge is -2.34. The Morgan fingerprint density at radius 1 is 1.39 bits per heavy atom. The zero-order valence-corrected chi connectivity index (χ0v) is 19.0. The molecule has 0 spiro atoms. The van der Waals surface area contributed by atoms with Gasteiger partial charge in [0, 0.05) is 38.9 Å². The number of nitrogens with zero attached hydrogens (tertiary/aromatic N) is 2. The van der Waals surface area contributed by atoms with E-state index >= 15 is 0 Å². The molecule has 0 aromatic heterocycles. The molecule has 158 valence electrons. The minimum absolute atomic E-state index is 0. The molecule has 3 N–H and O–H groups in total. The van der Waals surface area contributed by atoms with Crippen LogP contribution in [0.1, 0.15) is 13.8 Å².